The second kappa shape index (κ2) is 9.04. The summed E-state index contributed by atoms with van der Waals surface area (Å²) in [7, 11) is -3.80. The molecule has 2 aromatic carbocycles. The standard InChI is InChI=1S/C24H23F3N4O3S/c25-16-3-1-14(2-4-16)23-22(19-9-17(26)10-20(27)24(19)31-23)15-7-13(8-15)11-28-35(33,34)29-12-18-5-6-21(32)30-18/h1-4,9-10,12-13,15,28-29,31H,5-8,11H2,(H,30,32)/b18-12+/t13-,15-. The number of allylic oxidation sites excluding steroid dienone is 1. The quantitative estimate of drug-likeness (QED) is 0.392. The molecular formula is C24H23F3N4O3S. The Kier molecular flexibility index (Phi) is 6.06. The molecule has 0 bridgehead atoms. The Morgan fingerprint density at radius 3 is 2.46 bits per heavy atom. The van der Waals surface area contributed by atoms with Gasteiger partial charge in [-0.3, -0.25) is 9.52 Å². The van der Waals surface area contributed by atoms with E-state index < -0.39 is 27.7 Å². The van der Waals surface area contributed by atoms with Crippen molar-refractivity contribution in [2.45, 2.75) is 31.6 Å². The van der Waals surface area contributed by atoms with Crippen LogP contribution in [0.4, 0.5) is 13.2 Å². The van der Waals surface area contributed by atoms with E-state index in [-0.39, 0.29) is 29.8 Å². The summed E-state index contributed by atoms with van der Waals surface area (Å²) >= 11 is 0. The molecule has 0 unspecified atom stereocenters. The van der Waals surface area contributed by atoms with Crippen LogP contribution in [0.3, 0.4) is 0 Å². The summed E-state index contributed by atoms with van der Waals surface area (Å²) in [5, 5.41) is 3.00. The fourth-order valence-corrected chi connectivity index (χ4v) is 5.56. The summed E-state index contributed by atoms with van der Waals surface area (Å²) in [6.07, 6.45) is 3.26. The minimum atomic E-state index is -3.80. The molecule has 35 heavy (non-hydrogen) atoms. The maximum absolute atomic E-state index is 14.5. The molecule has 0 spiro atoms. The van der Waals surface area contributed by atoms with Gasteiger partial charge in [0, 0.05) is 36.3 Å². The highest BCUT2D eigenvalue weighted by molar-refractivity contribution is 7.87. The first kappa shape index (κ1) is 23.4. The lowest BCUT2D eigenvalue weighted by molar-refractivity contribution is -0.118. The number of hydrogen-bond acceptors (Lipinski definition) is 3. The fraction of sp³-hybridized carbons (Fsp3) is 0.292. The normalized spacial score (nSPS) is 21.3. The molecule has 184 valence electrons. The van der Waals surface area contributed by atoms with E-state index in [4.69, 9.17) is 0 Å². The molecule has 0 atom stereocenters. The maximum atomic E-state index is 14.5. The molecule has 1 aliphatic carbocycles. The number of aromatic nitrogens is 1. The summed E-state index contributed by atoms with van der Waals surface area (Å²) in [6, 6.07) is 7.86. The third kappa shape index (κ3) is 4.92. The number of nitrogens with one attached hydrogen (secondary N) is 4. The highest BCUT2D eigenvalue weighted by Gasteiger charge is 2.35. The molecule has 11 heteroatoms. The average Bonchev–Trinajstić information content (AvgIpc) is 3.36. The summed E-state index contributed by atoms with van der Waals surface area (Å²) in [6.45, 7) is 0.193. The van der Waals surface area contributed by atoms with Gasteiger partial charge in [-0.1, -0.05) is 0 Å². The Morgan fingerprint density at radius 2 is 1.77 bits per heavy atom. The molecule has 3 aromatic rings. The molecule has 1 aliphatic heterocycles. The van der Waals surface area contributed by atoms with Gasteiger partial charge in [0.05, 0.1) is 11.2 Å². The zero-order valence-corrected chi connectivity index (χ0v) is 19.3. The van der Waals surface area contributed by atoms with Crippen molar-refractivity contribution in [2.75, 3.05) is 6.54 Å². The lowest BCUT2D eigenvalue weighted by Gasteiger charge is -2.36. The summed E-state index contributed by atoms with van der Waals surface area (Å²) < 4.78 is 71.3. The first-order valence-electron chi connectivity index (χ1n) is 11.2. The van der Waals surface area contributed by atoms with Gasteiger partial charge in [0.2, 0.25) is 5.91 Å². The molecule has 4 N–H and O–H groups in total. The number of H-pyrrole nitrogens is 1. The molecule has 1 saturated carbocycles. The second-order valence-corrected chi connectivity index (χ2v) is 10.5. The Labute approximate surface area is 200 Å². The van der Waals surface area contributed by atoms with Crippen LogP contribution < -0.4 is 14.8 Å². The number of halogens is 3. The van der Waals surface area contributed by atoms with Crippen molar-refractivity contribution in [3.05, 3.63) is 71.3 Å². The van der Waals surface area contributed by atoms with Gasteiger partial charge in [-0.2, -0.15) is 13.1 Å². The molecule has 1 amide bonds. The lowest BCUT2D eigenvalue weighted by atomic mass is 9.70. The number of benzene rings is 2. The van der Waals surface area contributed by atoms with Crippen molar-refractivity contribution >= 4 is 27.0 Å². The van der Waals surface area contributed by atoms with Crippen LogP contribution in [0.1, 0.15) is 37.2 Å². The predicted molar refractivity (Wildman–Crippen MR) is 125 cm³/mol. The molecule has 0 radical (unpaired) electrons. The van der Waals surface area contributed by atoms with Crippen molar-refractivity contribution in [3.8, 4) is 11.3 Å². The molecule has 2 aliphatic rings. The predicted octanol–water partition coefficient (Wildman–Crippen LogP) is 3.92. The largest absolute Gasteiger partial charge is 0.352 e. The topological polar surface area (TPSA) is 103 Å². The van der Waals surface area contributed by atoms with Gasteiger partial charge in [-0.05, 0) is 72.6 Å². The van der Waals surface area contributed by atoms with Crippen LogP contribution in [0.25, 0.3) is 22.2 Å². The number of hydrogen-bond donors (Lipinski definition) is 4. The van der Waals surface area contributed by atoms with Crippen molar-refractivity contribution in [1.29, 1.82) is 0 Å². The van der Waals surface area contributed by atoms with E-state index in [1.54, 1.807) is 12.1 Å². The van der Waals surface area contributed by atoms with E-state index in [1.165, 1.54) is 24.4 Å². The number of rotatable bonds is 7. The number of amides is 1. The van der Waals surface area contributed by atoms with Crippen molar-refractivity contribution in [1.82, 2.24) is 19.7 Å². The third-order valence-electron chi connectivity index (χ3n) is 6.51. The number of aromatic amines is 1. The molecular weight excluding hydrogens is 481 g/mol. The maximum Gasteiger partial charge on any atom is 0.298 e. The van der Waals surface area contributed by atoms with Crippen LogP contribution in [-0.2, 0) is 15.0 Å². The van der Waals surface area contributed by atoms with Crippen LogP contribution in [0.2, 0.25) is 0 Å². The zero-order chi connectivity index (χ0) is 24.7. The second-order valence-electron chi connectivity index (χ2n) is 8.95. The van der Waals surface area contributed by atoms with Gasteiger partial charge < -0.3 is 10.3 Å². The van der Waals surface area contributed by atoms with Crippen molar-refractivity contribution in [3.63, 3.8) is 0 Å². The molecule has 2 fully saturated rings. The molecule has 2 heterocycles. The number of fused-ring (bicyclic) bond motifs is 1. The first-order valence-corrected chi connectivity index (χ1v) is 12.7. The van der Waals surface area contributed by atoms with E-state index in [9.17, 15) is 26.4 Å². The Morgan fingerprint density at radius 1 is 1.03 bits per heavy atom. The molecule has 7 nitrogen and oxygen atoms in total. The average molecular weight is 505 g/mol. The van der Waals surface area contributed by atoms with Gasteiger partial charge in [0.15, 0.2) is 0 Å². The first-order chi connectivity index (χ1) is 16.7. The molecule has 1 saturated heterocycles. The van der Waals surface area contributed by atoms with Crippen molar-refractivity contribution in [2.24, 2.45) is 5.92 Å². The third-order valence-corrected chi connectivity index (χ3v) is 7.49. The van der Waals surface area contributed by atoms with E-state index in [0.717, 1.165) is 11.6 Å². The summed E-state index contributed by atoms with van der Waals surface area (Å²) in [5.41, 5.74) is 2.68. The van der Waals surface area contributed by atoms with Gasteiger partial charge in [-0.15, -0.1) is 0 Å². The van der Waals surface area contributed by atoms with Crippen LogP contribution in [0.5, 0.6) is 0 Å². The Hall–Kier alpha value is -3.31. The van der Waals surface area contributed by atoms with Gasteiger partial charge in [0.25, 0.3) is 10.2 Å². The minimum Gasteiger partial charge on any atom is -0.352 e. The monoisotopic (exact) mass is 504 g/mol. The van der Waals surface area contributed by atoms with Crippen LogP contribution in [0, 0.1) is 23.4 Å². The van der Waals surface area contributed by atoms with Gasteiger partial charge in [0.1, 0.15) is 17.5 Å². The van der Waals surface area contributed by atoms with E-state index in [2.05, 4.69) is 19.7 Å². The van der Waals surface area contributed by atoms with Crippen molar-refractivity contribution < 1.29 is 26.4 Å². The Bertz CT molecular complexity index is 1430. The van der Waals surface area contributed by atoms with Crippen LogP contribution in [0.15, 0.2) is 48.3 Å². The summed E-state index contributed by atoms with van der Waals surface area (Å²) in [4.78, 5) is 14.3. The van der Waals surface area contributed by atoms with Gasteiger partial charge >= 0.3 is 0 Å². The minimum absolute atomic E-state index is 0.0276. The highest BCUT2D eigenvalue weighted by atomic mass is 32.2. The molecule has 1 aromatic heterocycles. The SMILES string of the molecule is O=C1CC/C(=C\NS(=O)(=O)NC[C@H]2C[C@H](c3c(-c4ccc(F)cc4)[nH]c4c(F)cc(F)cc43)C2)N1. The zero-order valence-electron chi connectivity index (χ0n) is 18.5. The highest BCUT2D eigenvalue weighted by Crippen LogP contribution is 2.48. The lowest BCUT2D eigenvalue weighted by Crippen LogP contribution is -2.40. The number of carbonyl (C=O) groups is 1. The van der Waals surface area contributed by atoms with Gasteiger partial charge in [-0.25, -0.2) is 13.2 Å². The van der Waals surface area contributed by atoms with Crippen LogP contribution in [-0.4, -0.2) is 25.9 Å². The van der Waals surface area contributed by atoms with Crippen LogP contribution >= 0.6 is 0 Å². The Balaban J connectivity index is 1.31. The van der Waals surface area contributed by atoms with E-state index in [1.807, 2.05) is 0 Å². The van der Waals surface area contributed by atoms with E-state index >= 15 is 0 Å². The molecule has 5 rings (SSSR count). The fourth-order valence-electron chi connectivity index (χ4n) is 4.72. The summed E-state index contributed by atoms with van der Waals surface area (Å²) in [5.74, 6) is -1.98. The number of carbonyl (C=O) groups excluding carboxylic acids is 1. The smallest absolute Gasteiger partial charge is 0.298 e. The van der Waals surface area contributed by atoms with E-state index in [0.29, 0.717) is 48.0 Å².